The van der Waals surface area contributed by atoms with Gasteiger partial charge in [-0.3, -0.25) is 9.69 Å². The summed E-state index contributed by atoms with van der Waals surface area (Å²) in [6.07, 6.45) is 0. The van der Waals surface area contributed by atoms with Gasteiger partial charge in [-0.05, 0) is 63.0 Å². The summed E-state index contributed by atoms with van der Waals surface area (Å²) in [5.74, 6) is 0.683. The van der Waals surface area contributed by atoms with E-state index < -0.39 is 0 Å². The molecule has 3 rings (SSSR count). The van der Waals surface area contributed by atoms with Crippen molar-refractivity contribution in [1.82, 2.24) is 9.88 Å². The summed E-state index contributed by atoms with van der Waals surface area (Å²) in [5.41, 5.74) is 2.74. The number of carbonyl (C=O) groups excluding carboxylic acids is 1. The maximum absolute atomic E-state index is 13.1. The van der Waals surface area contributed by atoms with E-state index in [1.54, 1.807) is 47.6 Å². The molecule has 1 aromatic heterocycles. The largest absolute Gasteiger partial charge is 0.497 e. The summed E-state index contributed by atoms with van der Waals surface area (Å²) >= 11 is 1.55. The van der Waals surface area contributed by atoms with Crippen LogP contribution in [-0.2, 0) is 0 Å². The van der Waals surface area contributed by atoms with Crippen LogP contribution in [0.25, 0.3) is 10.2 Å². The van der Waals surface area contributed by atoms with Gasteiger partial charge in [0.25, 0.3) is 5.91 Å². The molecule has 144 valence electrons. The molecule has 27 heavy (non-hydrogen) atoms. The maximum atomic E-state index is 13.1. The number of hydrogen-bond acceptors (Lipinski definition) is 5. The molecule has 7 heteroatoms. The van der Waals surface area contributed by atoms with Gasteiger partial charge in [-0.25, -0.2) is 4.98 Å². The number of thiazole rings is 1. The van der Waals surface area contributed by atoms with Gasteiger partial charge in [0, 0.05) is 18.7 Å². The predicted octanol–water partition coefficient (Wildman–Crippen LogP) is 4.24. The van der Waals surface area contributed by atoms with E-state index in [0.717, 1.165) is 27.6 Å². The summed E-state index contributed by atoms with van der Waals surface area (Å²) in [7, 11) is 5.61. The first-order chi connectivity index (χ1) is 12.5. The zero-order valence-electron chi connectivity index (χ0n) is 15.9. The average molecular weight is 406 g/mol. The van der Waals surface area contributed by atoms with Gasteiger partial charge in [0.05, 0.1) is 17.3 Å². The molecular weight excluding hydrogens is 382 g/mol. The van der Waals surface area contributed by atoms with Crippen LogP contribution in [0.4, 0.5) is 5.13 Å². The summed E-state index contributed by atoms with van der Waals surface area (Å²) < 4.78 is 6.28. The smallest absolute Gasteiger partial charge is 0.260 e. The van der Waals surface area contributed by atoms with Crippen LogP contribution in [0.3, 0.4) is 0 Å². The number of benzene rings is 2. The van der Waals surface area contributed by atoms with Crippen LogP contribution in [-0.4, -0.2) is 50.1 Å². The molecule has 2 aromatic carbocycles. The molecule has 0 unspecified atom stereocenters. The predicted molar refractivity (Wildman–Crippen MR) is 115 cm³/mol. The number of aromatic nitrogens is 1. The standard InChI is InChI=1S/C20H23N3O2S.ClH/c1-14-5-10-17-18(13-14)26-20(21-17)23(12-11-22(2)3)19(24)15-6-8-16(25-4)9-7-15;/h5-10,13H,11-12H2,1-4H3;1H. The number of methoxy groups -OCH3 is 1. The van der Waals surface area contributed by atoms with E-state index in [-0.39, 0.29) is 18.3 Å². The van der Waals surface area contributed by atoms with E-state index in [1.165, 1.54) is 5.56 Å². The van der Waals surface area contributed by atoms with Gasteiger partial charge in [0.2, 0.25) is 0 Å². The summed E-state index contributed by atoms with van der Waals surface area (Å²) in [6.45, 7) is 3.40. The molecule has 0 N–H and O–H groups in total. The molecule has 1 heterocycles. The molecule has 0 bridgehead atoms. The van der Waals surface area contributed by atoms with E-state index in [1.807, 2.05) is 26.2 Å². The third-order valence-electron chi connectivity index (χ3n) is 4.12. The van der Waals surface area contributed by atoms with Crippen LogP contribution < -0.4 is 9.64 Å². The van der Waals surface area contributed by atoms with Crippen molar-refractivity contribution in [1.29, 1.82) is 0 Å². The minimum Gasteiger partial charge on any atom is -0.497 e. The topological polar surface area (TPSA) is 45.7 Å². The molecule has 1 amide bonds. The lowest BCUT2D eigenvalue weighted by Crippen LogP contribution is -2.36. The molecule has 0 aliphatic carbocycles. The van der Waals surface area contributed by atoms with Crippen LogP contribution in [0.5, 0.6) is 5.75 Å². The number of ether oxygens (including phenoxy) is 1. The highest BCUT2D eigenvalue weighted by Crippen LogP contribution is 2.30. The van der Waals surface area contributed by atoms with Crippen molar-refractivity contribution in [3.63, 3.8) is 0 Å². The molecule has 0 fully saturated rings. The molecule has 0 atom stereocenters. The fourth-order valence-corrected chi connectivity index (χ4v) is 3.70. The zero-order chi connectivity index (χ0) is 18.7. The number of aryl methyl sites for hydroxylation is 1. The number of nitrogens with zero attached hydrogens (tertiary/aromatic N) is 3. The fourth-order valence-electron chi connectivity index (χ4n) is 2.61. The van der Waals surface area contributed by atoms with Gasteiger partial charge in [-0.2, -0.15) is 0 Å². The number of rotatable bonds is 6. The van der Waals surface area contributed by atoms with Crippen molar-refractivity contribution >= 4 is 45.0 Å². The highest BCUT2D eigenvalue weighted by atomic mass is 35.5. The van der Waals surface area contributed by atoms with Crippen LogP contribution in [0.1, 0.15) is 15.9 Å². The highest BCUT2D eigenvalue weighted by molar-refractivity contribution is 7.22. The number of fused-ring (bicyclic) bond motifs is 1. The van der Waals surface area contributed by atoms with Gasteiger partial charge in [-0.15, -0.1) is 12.4 Å². The number of amides is 1. The Morgan fingerprint density at radius 3 is 2.44 bits per heavy atom. The number of anilines is 1. The monoisotopic (exact) mass is 405 g/mol. The lowest BCUT2D eigenvalue weighted by Gasteiger charge is -2.22. The first kappa shape index (κ1) is 21.2. The van der Waals surface area contributed by atoms with Gasteiger partial charge >= 0.3 is 0 Å². The van der Waals surface area contributed by atoms with Crippen molar-refractivity contribution < 1.29 is 9.53 Å². The molecule has 0 saturated heterocycles. The zero-order valence-corrected chi connectivity index (χ0v) is 17.6. The van der Waals surface area contributed by atoms with Gasteiger partial charge in [-0.1, -0.05) is 17.4 Å². The SMILES string of the molecule is COc1ccc(C(=O)N(CCN(C)C)c2nc3ccc(C)cc3s2)cc1.Cl. The first-order valence-corrected chi connectivity index (χ1v) is 9.27. The second-order valence-corrected chi connectivity index (χ2v) is 7.47. The fraction of sp³-hybridized carbons (Fsp3) is 0.300. The lowest BCUT2D eigenvalue weighted by atomic mass is 10.2. The van der Waals surface area contributed by atoms with Crippen LogP contribution in [0.2, 0.25) is 0 Å². The Bertz CT molecular complexity index is 909. The Morgan fingerprint density at radius 2 is 1.81 bits per heavy atom. The maximum Gasteiger partial charge on any atom is 0.260 e. The third-order valence-corrected chi connectivity index (χ3v) is 5.16. The Hall–Kier alpha value is -2.15. The molecule has 0 saturated carbocycles. The molecule has 0 spiro atoms. The summed E-state index contributed by atoms with van der Waals surface area (Å²) in [4.78, 5) is 21.7. The van der Waals surface area contributed by atoms with Crippen molar-refractivity contribution in [3.05, 3.63) is 53.6 Å². The minimum absolute atomic E-state index is 0. The van der Waals surface area contributed by atoms with E-state index in [4.69, 9.17) is 9.72 Å². The molecule has 0 radical (unpaired) electrons. The normalized spacial score (nSPS) is 10.7. The van der Waals surface area contributed by atoms with Gasteiger partial charge in [0.1, 0.15) is 5.75 Å². The van der Waals surface area contributed by atoms with Crippen LogP contribution in [0.15, 0.2) is 42.5 Å². The van der Waals surface area contributed by atoms with Gasteiger partial charge in [0.15, 0.2) is 5.13 Å². The number of likely N-dealkylation sites (N-methyl/N-ethyl adjacent to an activating group) is 1. The van der Waals surface area contributed by atoms with Gasteiger partial charge < -0.3 is 9.64 Å². The third kappa shape index (κ3) is 4.97. The van der Waals surface area contributed by atoms with Crippen molar-refractivity contribution in [2.24, 2.45) is 0 Å². The quantitative estimate of drug-likeness (QED) is 0.615. The Morgan fingerprint density at radius 1 is 1.11 bits per heavy atom. The molecule has 0 aliphatic rings. The number of hydrogen-bond donors (Lipinski definition) is 0. The summed E-state index contributed by atoms with van der Waals surface area (Å²) in [6, 6.07) is 13.4. The second-order valence-electron chi connectivity index (χ2n) is 6.46. The first-order valence-electron chi connectivity index (χ1n) is 8.46. The molecule has 3 aromatic rings. The molecule has 0 aliphatic heterocycles. The Kier molecular flexibility index (Phi) is 7.18. The minimum atomic E-state index is -0.0507. The molecule has 5 nitrogen and oxygen atoms in total. The van der Waals surface area contributed by atoms with E-state index >= 15 is 0 Å². The highest BCUT2D eigenvalue weighted by Gasteiger charge is 2.21. The lowest BCUT2D eigenvalue weighted by molar-refractivity contribution is 0.0985. The van der Waals surface area contributed by atoms with E-state index in [9.17, 15) is 4.79 Å². The van der Waals surface area contributed by atoms with Crippen molar-refractivity contribution in [2.45, 2.75) is 6.92 Å². The Labute approximate surface area is 170 Å². The average Bonchev–Trinajstić information content (AvgIpc) is 3.04. The Balaban J connectivity index is 0.00000261. The van der Waals surface area contributed by atoms with Crippen LogP contribution in [0, 0.1) is 6.92 Å². The van der Waals surface area contributed by atoms with Crippen LogP contribution >= 0.6 is 23.7 Å². The number of halogens is 1. The van der Waals surface area contributed by atoms with Crippen molar-refractivity contribution in [3.8, 4) is 5.75 Å². The second kappa shape index (κ2) is 9.17. The van der Waals surface area contributed by atoms with Crippen molar-refractivity contribution in [2.75, 3.05) is 39.2 Å². The van der Waals surface area contributed by atoms with E-state index in [2.05, 4.69) is 17.9 Å². The van der Waals surface area contributed by atoms with E-state index in [0.29, 0.717) is 12.1 Å². The number of carbonyl (C=O) groups is 1. The molecular formula is C20H24ClN3O2S. The summed E-state index contributed by atoms with van der Waals surface area (Å²) in [5, 5.41) is 0.730.